The second-order valence-electron chi connectivity index (χ2n) is 8.49. The summed E-state index contributed by atoms with van der Waals surface area (Å²) in [4.78, 5) is 29.0. The number of hydrogen-bond acceptors (Lipinski definition) is 6. The average Bonchev–Trinajstić information content (AvgIpc) is 3.61. The van der Waals surface area contributed by atoms with Crippen molar-refractivity contribution in [3.63, 3.8) is 0 Å². The lowest BCUT2D eigenvalue weighted by molar-refractivity contribution is -0.140. The minimum atomic E-state index is -4.77. The predicted molar refractivity (Wildman–Crippen MR) is 137 cm³/mol. The molecule has 0 fully saturated rings. The van der Waals surface area contributed by atoms with Crippen molar-refractivity contribution in [2.75, 3.05) is 5.32 Å². The first-order valence-electron chi connectivity index (χ1n) is 11.5. The van der Waals surface area contributed by atoms with Gasteiger partial charge in [-0.3, -0.25) is 19.4 Å². The zero-order valence-electron chi connectivity index (χ0n) is 20.4. The summed E-state index contributed by atoms with van der Waals surface area (Å²) in [6.45, 7) is 4.01. The van der Waals surface area contributed by atoms with Crippen molar-refractivity contribution in [2.45, 2.75) is 26.6 Å². The molecule has 0 aliphatic heterocycles. The van der Waals surface area contributed by atoms with E-state index in [1.807, 2.05) is 6.92 Å². The highest BCUT2D eigenvalue weighted by atomic mass is 32.1. The van der Waals surface area contributed by atoms with Crippen molar-refractivity contribution in [1.29, 1.82) is 0 Å². The number of anilines is 1. The normalized spacial score (nSPS) is 11.7. The van der Waals surface area contributed by atoms with Crippen LogP contribution in [0.15, 0.2) is 42.6 Å². The first kappa shape index (κ1) is 26.0. The third kappa shape index (κ3) is 4.74. The molecule has 0 saturated heterocycles. The SMILES string of the molecule is CCn1ncc(-c2cc(C(F)(F)F)nc3sc(C(N)=O)c(NC(=O)c4cc(-c5ccc(F)cc5)n[nH]4)c23)c1C. The van der Waals surface area contributed by atoms with Gasteiger partial charge in [-0.25, -0.2) is 9.37 Å². The fraction of sp³-hybridized carbons (Fsp3) is 0.160. The van der Waals surface area contributed by atoms with E-state index < -0.39 is 29.5 Å². The number of thiophene rings is 1. The van der Waals surface area contributed by atoms with Gasteiger partial charge < -0.3 is 11.1 Å². The molecule has 0 aliphatic carbocycles. The van der Waals surface area contributed by atoms with Gasteiger partial charge in [0.1, 0.15) is 26.9 Å². The Morgan fingerprint density at radius 3 is 2.49 bits per heavy atom. The van der Waals surface area contributed by atoms with Crippen LogP contribution in [0.5, 0.6) is 0 Å². The van der Waals surface area contributed by atoms with Crippen LogP contribution in [0.2, 0.25) is 0 Å². The van der Waals surface area contributed by atoms with Gasteiger partial charge in [0.05, 0.1) is 17.6 Å². The molecule has 0 bridgehead atoms. The van der Waals surface area contributed by atoms with Crippen LogP contribution in [0.1, 0.15) is 38.5 Å². The molecule has 5 rings (SSSR count). The largest absolute Gasteiger partial charge is 0.433 e. The Bertz CT molecular complexity index is 1740. The van der Waals surface area contributed by atoms with Crippen molar-refractivity contribution >= 4 is 39.1 Å². The molecule has 2 amide bonds. The lowest BCUT2D eigenvalue weighted by atomic mass is 10.0. The number of nitrogens with one attached hydrogen (secondary N) is 2. The van der Waals surface area contributed by atoms with Gasteiger partial charge in [-0.05, 0) is 55.8 Å². The number of aryl methyl sites for hydroxylation is 1. The van der Waals surface area contributed by atoms with Gasteiger partial charge in [-0.2, -0.15) is 23.4 Å². The maximum atomic E-state index is 13.8. The Hall–Kier alpha value is -4.59. The topological polar surface area (TPSA) is 132 Å². The number of nitrogens with zero attached hydrogens (tertiary/aromatic N) is 4. The zero-order chi connectivity index (χ0) is 28.1. The highest BCUT2D eigenvalue weighted by molar-refractivity contribution is 7.21. The molecule has 4 heterocycles. The van der Waals surface area contributed by atoms with Gasteiger partial charge in [-0.1, -0.05) is 0 Å². The molecule has 5 aromatic rings. The molecular weight excluding hydrogens is 538 g/mol. The average molecular weight is 558 g/mol. The van der Waals surface area contributed by atoms with Crippen molar-refractivity contribution < 1.29 is 27.2 Å². The smallest absolute Gasteiger partial charge is 0.365 e. The van der Waals surface area contributed by atoms with Gasteiger partial charge in [-0.15, -0.1) is 11.3 Å². The van der Waals surface area contributed by atoms with Crippen molar-refractivity contribution in [3.05, 3.63) is 70.4 Å². The highest BCUT2D eigenvalue weighted by Crippen LogP contribution is 2.44. The summed E-state index contributed by atoms with van der Waals surface area (Å²) in [5.41, 5.74) is 6.23. The number of rotatable bonds is 6. The fourth-order valence-corrected chi connectivity index (χ4v) is 5.17. The molecule has 0 radical (unpaired) electrons. The van der Waals surface area contributed by atoms with Crippen LogP contribution >= 0.6 is 11.3 Å². The van der Waals surface area contributed by atoms with Gasteiger partial charge in [0.2, 0.25) is 0 Å². The van der Waals surface area contributed by atoms with Gasteiger partial charge in [0.15, 0.2) is 0 Å². The molecule has 9 nitrogen and oxygen atoms in total. The molecule has 14 heteroatoms. The number of carbonyl (C=O) groups excluding carboxylic acids is 2. The first-order valence-corrected chi connectivity index (χ1v) is 12.3. The van der Waals surface area contributed by atoms with E-state index in [1.54, 1.807) is 11.6 Å². The van der Waals surface area contributed by atoms with Crippen LogP contribution in [0, 0.1) is 12.7 Å². The quantitative estimate of drug-likeness (QED) is 0.241. The molecule has 0 saturated carbocycles. The van der Waals surface area contributed by atoms with Crippen LogP contribution < -0.4 is 11.1 Å². The highest BCUT2D eigenvalue weighted by Gasteiger charge is 2.35. The van der Waals surface area contributed by atoms with E-state index in [9.17, 15) is 27.2 Å². The number of nitrogens with two attached hydrogens (primary N) is 1. The molecule has 4 aromatic heterocycles. The van der Waals surface area contributed by atoms with E-state index in [1.165, 1.54) is 36.5 Å². The minimum Gasteiger partial charge on any atom is -0.365 e. The number of hydrogen-bond donors (Lipinski definition) is 3. The van der Waals surface area contributed by atoms with E-state index in [4.69, 9.17) is 5.73 Å². The van der Waals surface area contributed by atoms with Crippen LogP contribution in [-0.2, 0) is 12.7 Å². The molecule has 0 atom stereocenters. The minimum absolute atomic E-state index is 0.0134. The second-order valence-corrected chi connectivity index (χ2v) is 9.49. The summed E-state index contributed by atoms with van der Waals surface area (Å²) in [5, 5.41) is 13.6. The second kappa shape index (κ2) is 9.62. The van der Waals surface area contributed by atoms with Crippen molar-refractivity contribution in [2.24, 2.45) is 5.73 Å². The molecule has 0 unspecified atom stereocenters. The maximum Gasteiger partial charge on any atom is 0.433 e. The predicted octanol–water partition coefficient (Wildman–Crippen LogP) is 5.39. The number of primary amides is 1. The fourth-order valence-electron chi connectivity index (χ4n) is 4.17. The molecule has 39 heavy (non-hydrogen) atoms. The third-order valence-corrected chi connectivity index (χ3v) is 7.17. The molecule has 200 valence electrons. The first-order chi connectivity index (χ1) is 18.5. The van der Waals surface area contributed by atoms with E-state index >= 15 is 0 Å². The number of benzene rings is 1. The van der Waals surface area contributed by atoms with Gasteiger partial charge in [0.25, 0.3) is 11.8 Å². The number of pyridine rings is 1. The lowest BCUT2D eigenvalue weighted by Gasteiger charge is -2.12. The number of halogens is 4. The Kier molecular flexibility index (Phi) is 6.42. The summed E-state index contributed by atoms with van der Waals surface area (Å²) < 4.78 is 56.2. The lowest BCUT2D eigenvalue weighted by Crippen LogP contribution is -2.17. The summed E-state index contributed by atoms with van der Waals surface area (Å²) in [5.74, 6) is -2.12. The Balaban J connectivity index is 1.65. The van der Waals surface area contributed by atoms with E-state index in [0.717, 1.165) is 6.07 Å². The van der Waals surface area contributed by atoms with E-state index in [0.29, 0.717) is 40.4 Å². The van der Waals surface area contributed by atoms with Crippen LogP contribution in [0.3, 0.4) is 0 Å². The number of alkyl halides is 3. The van der Waals surface area contributed by atoms with Gasteiger partial charge >= 0.3 is 6.18 Å². The molecule has 0 aliphatic rings. The molecular formula is C25H19F4N7O2S. The Morgan fingerprint density at radius 1 is 1.15 bits per heavy atom. The molecule has 1 aromatic carbocycles. The summed E-state index contributed by atoms with van der Waals surface area (Å²) in [6, 6.07) is 7.73. The number of aromatic amines is 1. The Labute approximate surface area is 221 Å². The zero-order valence-corrected chi connectivity index (χ0v) is 21.2. The van der Waals surface area contributed by atoms with Gasteiger partial charge in [0, 0.05) is 28.8 Å². The van der Waals surface area contributed by atoms with Crippen molar-refractivity contribution in [1.82, 2.24) is 25.0 Å². The number of carbonyl (C=O) groups is 2. The van der Waals surface area contributed by atoms with Crippen LogP contribution in [0.4, 0.5) is 23.2 Å². The number of H-pyrrole nitrogens is 1. The number of amides is 2. The number of aromatic nitrogens is 5. The third-order valence-electron chi connectivity index (χ3n) is 6.07. The maximum absolute atomic E-state index is 13.8. The molecule has 0 spiro atoms. The Morgan fingerprint density at radius 2 is 1.87 bits per heavy atom. The van der Waals surface area contributed by atoms with Crippen molar-refractivity contribution in [3.8, 4) is 22.4 Å². The summed E-state index contributed by atoms with van der Waals surface area (Å²) in [6.07, 6.45) is -3.35. The van der Waals surface area contributed by atoms with E-state index in [2.05, 4.69) is 25.6 Å². The summed E-state index contributed by atoms with van der Waals surface area (Å²) >= 11 is 0.641. The van der Waals surface area contributed by atoms with Crippen LogP contribution in [-0.4, -0.2) is 36.8 Å². The monoisotopic (exact) mass is 557 g/mol. The van der Waals surface area contributed by atoms with Crippen LogP contribution in [0.25, 0.3) is 32.6 Å². The number of fused-ring (bicyclic) bond motifs is 1. The standard InChI is InChI=1S/C25H19F4N7O2S/c1-3-36-11(2)15(10-31-36)14-8-18(25(27,28)29)32-24-19(14)20(21(39-24)22(30)37)33-23(38)17-9-16(34-35-17)12-4-6-13(26)7-5-12/h4-10H,3H2,1-2H3,(H2,30,37)(H,33,38)(H,34,35). The summed E-state index contributed by atoms with van der Waals surface area (Å²) in [7, 11) is 0. The molecule has 4 N–H and O–H groups in total. The van der Waals surface area contributed by atoms with E-state index in [-0.39, 0.29) is 32.0 Å².